The lowest BCUT2D eigenvalue weighted by molar-refractivity contribution is -0.138. The molecular formula is C44H78N6O8S2. The quantitative estimate of drug-likeness (QED) is 0.0234. The molecule has 0 aromatic carbocycles. The Kier molecular flexibility index (Phi) is 27.4. The van der Waals surface area contributed by atoms with Gasteiger partial charge in [-0.2, -0.15) is 23.5 Å². The molecular weight excluding hydrogens is 805 g/mol. The van der Waals surface area contributed by atoms with Gasteiger partial charge in [0.05, 0.1) is 24.2 Å². The molecule has 4 rings (SSSR count). The van der Waals surface area contributed by atoms with Crippen molar-refractivity contribution in [1.29, 1.82) is 0 Å². The van der Waals surface area contributed by atoms with E-state index in [1.165, 1.54) is 51.4 Å². The second kappa shape index (κ2) is 31.9. The molecule has 0 radical (unpaired) electrons. The molecule has 0 saturated carbocycles. The molecule has 6 atom stereocenters. The van der Waals surface area contributed by atoms with Gasteiger partial charge in [0.25, 0.3) is 0 Å². The summed E-state index contributed by atoms with van der Waals surface area (Å²) in [5.74, 6) is 0.902. The number of carboxylic acid groups (broad SMARTS) is 2. The molecule has 0 aliphatic carbocycles. The second-order valence-corrected chi connectivity index (χ2v) is 19.6. The molecule has 4 heterocycles. The van der Waals surface area contributed by atoms with E-state index in [9.17, 15) is 28.8 Å². The zero-order valence-electron chi connectivity index (χ0n) is 36.3. The summed E-state index contributed by atoms with van der Waals surface area (Å²) in [4.78, 5) is 67.5. The normalized spacial score (nSPS) is 22.4. The fourth-order valence-electron chi connectivity index (χ4n) is 8.46. The fourth-order valence-corrected chi connectivity index (χ4v) is 11.5. The Hall–Kier alpha value is -2.88. The number of rotatable bonds is 34. The average Bonchev–Trinajstić information content (AvgIpc) is 3.98. The van der Waals surface area contributed by atoms with Gasteiger partial charge in [0.15, 0.2) is 0 Å². The van der Waals surface area contributed by atoms with Crippen molar-refractivity contribution < 1.29 is 39.0 Å². The Morgan fingerprint density at radius 2 is 0.767 bits per heavy atom. The molecule has 0 aromatic rings. The average molecular weight is 883 g/mol. The first kappa shape index (κ1) is 51.5. The van der Waals surface area contributed by atoms with Gasteiger partial charge in [-0.15, -0.1) is 0 Å². The van der Waals surface area contributed by atoms with E-state index in [1.54, 1.807) is 0 Å². The van der Waals surface area contributed by atoms with Gasteiger partial charge in [-0.1, -0.05) is 103 Å². The van der Waals surface area contributed by atoms with Crippen molar-refractivity contribution in [2.45, 2.75) is 214 Å². The van der Waals surface area contributed by atoms with E-state index >= 15 is 0 Å². The summed E-state index contributed by atoms with van der Waals surface area (Å²) >= 11 is 3.85. The van der Waals surface area contributed by atoms with E-state index in [0.29, 0.717) is 36.2 Å². The van der Waals surface area contributed by atoms with Crippen molar-refractivity contribution in [2.75, 3.05) is 24.6 Å². The number of hydrogen-bond acceptors (Lipinski definition) is 8. The Labute approximate surface area is 368 Å². The number of carboxylic acids is 2. The largest absolute Gasteiger partial charge is 0.481 e. The molecule has 8 N–H and O–H groups in total. The first-order valence-electron chi connectivity index (χ1n) is 23.5. The van der Waals surface area contributed by atoms with Gasteiger partial charge in [0.2, 0.25) is 11.8 Å². The first-order chi connectivity index (χ1) is 29.1. The molecule has 1 unspecified atom stereocenters. The predicted molar refractivity (Wildman–Crippen MR) is 242 cm³/mol. The number of amides is 6. The van der Waals surface area contributed by atoms with Gasteiger partial charge in [0.1, 0.15) is 0 Å². The van der Waals surface area contributed by atoms with Crippen LogP contribution >= 0.6 is 23.5 Å². The number of unbranched alkanes of at least 4 members (excludes halogenated alkanes) is 18. The summed E-state index contributed by atoms with van der Waals surface area (Å²) in [6.45, 7) is 1.54. The van der Waals surface area contributed by atoms with Crippen molar-refractivity contribution in [1.82, 2.24) is 31.9 Å². The number of thioether (sulfide) groups is 2. The van der Waals surface area contributed by atoms with Gasteiger partial charge in [-0.05, 0) is 51.4 Å². The maximum Gasteiger partial charge on any atom is 0.315 e. The minimum absolute atomic E-state index is 0.0392. The zero-order valence-corrected chi connectivity index (χ0v) is 37.9. The highest BCUT2D eigenvalue weighted by molar-refractivity contribution is 8.00. The number of aliphatic carboxylic acids is 2. The van der Waals surface area contributed by atoms with Crippen LogP contribution in [0.3, 0.4) is 0 Å². The van der Waals surface area contributed by atoms with Crippen molar-refractivity contribution in [2.24, 2.45) is 0 Å². The van der Waals surface area contributed by atoms with E-state index in [0.717, 1.165) is 127 Å². The summed E-state index contributed by atoms with van der Waals surface area (Å²) in [5.41, 5.74) is 0. The zero-order chi connectivity index (χ0) is 43.2. The Bertz CT molecular complexity index is 1190. The SMILES string of the molecule is O=C(O)CCCCCCCCCCCNC(=O)CCCCC1SC[C@@H]2NC(=O)N[C@H]12.O=C(O)CCCCCCCCCCCNC(=O)CCCC[C@@H]1SC[C@@H]2NC(=O)N[C@@H]21. The lowest BCUT2D eigenvalue weighted by Crippen LogP contribution is -2.36. The highest BCUT2D eigenvalue weighted by Gasteiger charge is 2.43. The third-order valence-electron chi connectivity index (χ3n) is 11.9. The number of carbonyl (C=O) groups excluding carboxylic acids is 4. The number of carbonyl (C=O) groups is 6. The molecule has 60 heavy (non-hydrogen) atoms. The highest BCUT2D eigenvalue weighted by Crippen LogP contribution is 2.34. The van der Waals surface area contributed by atoms with Crippen molar-refractivity contribution in [3.05, 3.63) is 0 Å². The summed E-state index contributed by atoms with van der Waals surface area (Å²) in [7, 11) is 0. The van der Waals surface area contributed by atoms with Crippen molar-refractivity contribution >= 4 is 59.3 Å². The molecule has 344 valence electrons. The topological polar surface area (TPSA) is 215 Å². The number of nitrogens with one attached hydrogen (secondary N) is 6. The molecule has 16 heteroatoms. The summed E-state index contributed by atoms with van der Waals surface area (Å²) < 4.78 is 0. The van der Waals surface area contributed by atoms with E-state index in [2.05, 4.69) is 31.9 Å². The monoisotopic (exact) mass is 883 g/mol. The van der Waals surface area contributed by atoms with Gasteiger partial charge in [-0.3, -0.25) is 19.2 Å². The van der Waals surface area contributed by atoms with Crippen LogP contribution < -0.4 is 31.9 Å². The smallest absolute Gasteiger partial charge is 0.315 e. The van der Waals surface area contributed by atoms with Crippen LogP contribution in [0.25, 0.3) is 0 Å². The van der Waals surface area contributed by atoms with E-state index in [4.69, 9.17) is 10.2 Å². The summed E-state index contributed by atoms with van der Waals surface area (Å²) in [6.07, 6.45) is 27.8. The van der Waals surface area contributed by atoms with Crippen LogP contribution in [0.2, 0.25) is 0 Å². The molecule has 0 spiro atoms. The van der Waals surface area contributed by atoms with E-state index < -0.39 is 11.9 Å². The van der Waals surface area contributed by atoms with Gasteiger partial charge in [-0.25, -0.2) is 9.59 Å². The first-order valence-corrected chi connectivity index (χ1v) is 25.6. The Balaban J connectivity index is 0.000000320. The van der Waals surface area contributed by atoms with E-state index in [-0.39, 0.29) is 48.0 Å². The lowest BCUT2D eigenvalue weighted by atomic mass is 10.0. The Morgan fingerprint density at radius 3 is 1.12 bits per heavy atom. The molecule has 6 amide bonds. The second-order valence-electron chi connectivity index (χ2n) is 17.1. The standard InChI is InChI=1S/2C22H39N3O4S/c2*26-19(13-10-9-12-18-21-17(16-30-18)24-22(29)25-21)23-15-11-7-5-3-1-2-4-6-8-14-20(27)28/h2*17-18,21H,1-16H2,(H,23,26)(H,27,28)(H2,24,25,29)/t17-,18?,21-;17-,18-,21-/m00/s1. The van der Waals surface area contributed by atoms with E-state index in [1.807, 2.05) is 23.5 Å². The van der Waals surface area contributed by atoms with Crippen LogP contribution in [-0.4, -0.2) is 105 Å². The van der Waals surface area contributed by atoms with Gasteiger partial charge >= 0.3 is 24.0 Å². The molecule has 14 nitrogen and oxygen atoms in total. The molecule has 0 aromatic heterocycles. The van der Waals surface area contributed by atoms with Crippen LogP contribution in [0.15, 0.2) is 0 Å². The van der Waals surface area contributed by atoms with Crippen LogP contribution in [0.4, 0.5) is 9.59 Å². The van der Waals surface area contributed by atoms with Crippen molar-refractivity contribution in [3.63, 3.8) is 0 Å². The Morgan fingerprint density at radius 1 is 0.450 bits per heavy atom. The molecule has 4 fully saturated rings. The summed E-state index contributed by atoms with van der Waals surface area (Å²) in [6, 6.07) is 0.992. The minimum Gasteiger partial charge on any atom is -0.481 e. The highest BCUT2D eigenvalue weighted by atomic mass is 32.2. The molecule has 4 aliphatic rings. The van der Waals surface area contributed by atoms with Crippen molar-refractivity contribution in [3.8, 4) is 0 Å². The summed E-state index contributed by atoms with van der Waals surface area (Å²) in [5, 5.41) is 36.1. The molecule has 4 saturated heterocycles. The molecule has 4 aliphatic heterocycles. The third-order valence-corrected chi connectivity index (χ3v) is 15.0. The predicted octanol–water partition coefficient (Wildman–Crippen LogP) is 7.63. The van der Waals surface area contributed by atoms with Crippen LogP contribution in [0.5, 0.6) is 0 Å². The molecule has 0 bridgehead atoms. The number of hydrogen-bond donors (Lipinski definition) is 8. The van der Waals surface area contributed by atoms with Gasteiger partial charge < -0.3 is 42.1 Å². The minimum atomic E-state index is -0.693. The van der Waals surface area contributed by atoms with Gasteiger partial charge in [0, 0.05) is 60.8 Å². The van der Waals surface area contributed by atoms with Crippen LogP contribution in [-0.2, 0) is 19.2 Å². The fraction of sp³-hybridized carbons (Fsp3) is 0.864. The third kappa shape index (κ3) is 23.4. The van der Waals surface area contributed by atoms with Crippen LogP contribution in [0, 0.1) is 0 Å². The maximum absolute atomic E-state index is 11.9. The number of urea groups is 2. The number of fused-ring (bicyclic) bond motifs is 2. The lowest BCUT2D eigenvalue weighted by Gasteiger charge is -2.16. The van der Waals surface area contributed by atoms with Crippen LogP contribution in [0.1, 0.15) is 180 Å². The maximum atomic E-state index is 11.9.